The maximum atomic E-state index is 12.8. The molecular weight excluding hydrogens is 386 g/mol. The summed E-state index contributed by atoms with van der Waals surface area (Å²) in [5, 5.41) is 3.89. The minimum Gasteiger partial charge on any atom is -0.310 e. The molecule has 3 aromatic rings. The van der Waals surface area contributed by atoms with Crippen molar-refractivity contribution < 1.29 is 13.2 Å². The molecule has 0 bridgehead atoms. The maximum Gasteiger partial charge on any atom is 0.243 e. The smallest absolute Gasteiger partial charge is 0.243 e. The molecule has 1 aliphatic heterocycles. The zero-order valence-corrected chi connectivity index (χ0v) is 17.0. The van der Waals surface area contributed by atoms with Gasteiger partial charge in [-0.2, -0.15) is 4.31 Å². The van der Waals surface area contributed by atoms with E-state index in [4.69, 9.17) is 0 Å². The van der Waals surface area contributed by atoms with Crippen LogP contribution in [0.15, 0.2) is 65.6 Å². The van der Waals surface area contributed by atoms with Crippen molar-refractivity contribution in [2.24, 2.45) is 5.92 Å². The third-order valence-corrected chi connectivity index (χ3v) is 7.25. The number of fused-ring (bicyclic) bond motifs is 1. The third-order valence-electron chi connectivity index (χ3n) is 5.33. The number of aromatic nitrogens is 1. The summed E-state index contributed by atoms with van der Waals surface area (Å²) in [6.45, 7) is 2.59. The second-order valence-corrected chi connectivity index (χ2v) is 9.31. The van der Waals surface area contributed by atoms with Gasteiger partial charge in [-0.05, 0) is 50.1 Å². The standard InChI is InChI=1S/C22H23N3O3S/c1-16-6-9-19(10-7-16)29(27,28)25-14-12-18(13-15-25)22(26)24-21-11-8-17-4-2-3-5-20(17)23-21/h2-11,18H,12-15H2,1H3,(H,23,24,26). The van der Waals surface area contributed by atoms with Crippen LogP contribution in [0.1, 0.15) is 18.4 Å². The van der Waals surface area contributed by atoms with Gasteiger partial charge < -0.3 is 5.32 Å². The molecule has 0 unspecified atom stereocenters. The van der Waals surface area contributed by atoms with Crippen LogP contribution >= 0.6 is 0 Å². The molecule has 1 N–H and O–H groups in total. The number of piperidine rings is 1. The van der Waals surface area contributed by atoms with E-state index in [1.807, 2.05) is 37.3 Å². The summed E-state index contributed by atoms with van der Waals surface area (Å²) in [6.07, 6.45) is 0.981. The number of aryl methyl sites for hydroxylation is 1. The highest BCUT2D eigenvalue weighted by Crippen LogP contribution is 2.25. The molecule has 0 atom stereocenters. The fraction of sp³-hybridized carbons (Fsp3) is 0.273. The summed E-state index contributed by atoms with van der Waals surface area (Å²) < 4.78 is 27.1. The number of nitrogens with zero attached hydrogens (tertiary/aromatic N) is 2. The number of amides is 1. The van der Waals surface area contributed by atoms with E-state index in [0.29, 0.717) is 36.6 Å². The van der Waals surface area contributed by atoms with Crippen molar-refractivity contribution in [1.29, 1.82) is 0 Å². The van der Waals surface area contributed by atoms with Crippen molar-refractivity contribution in [3.05, 3.63) is 66.2 Å². The fourth-order valence-electron chi connectivity index (χ4n) is 3.58. The molecular formula is C22H23N3O3S. The average Bonchev–Trinajstić information content (AvgIpc) is 2.74. The summed E-state index contributed by atoms with van der Waals surface area (Å²) in [4.78, 5) is 17.4. The first-order chi connectivity index (χ1) is 13.9. The lowest BCUT2D eigenvalue weighted by Crippen LogP contribution is -2.41. The molecule has 0 radical (unpaired) electrons. The molecule has 1 aromatic heterocycles. The van der Waals surface area contributed by atoms with Gasteiger partial charge in [0.25, 0.3) is 0 Å². The van der Waals surface area contributed by atoms with Crippen molar-refractivity contribution in [1.82, 2.24) is 9.29 Å². The summed E-state index contributed by atoms with van der Waals surface area (Å²) in [7, 11) is -3.52. The molecule has 150 valence electrons. The molecule has 7 heteroatoms. The molecule has 2 heterocycles. The molecule has 0 saturated carbocycles. The lowest BCUT2D eigenvalue weighted by molar-refractivity contribution is -0.120. The number of hydrogen-bond acceptors (Lipinski definition) is 4. The highest BCUT2D eigenvalue weighted by atomic mass is 32.2. The minimum atomic E-state index is -3.52. The van der Waals surface area contributed by atoms with E-state index in [9.17, 15) is 13.2 Å². The van der Waals surface area contributed by atoms with Crippen LogP contribution in [0.3, 0.4) is 0 Å². The number of benzene rings is 2. The summed E-state index contributed by atoms with van der Waals surface area (Å²) in [5.41, 5.74) is 1.84. The minimum absolute atomic E-state index is 0.111. The Bertz CT molecular complexity index is 1140. The quantitative estimate of drug-likeness (QED) is 0.714. The summed E-state index contributed by atoms with van der Waals surface area (Å²) >= 11 is 0. The lowest BCUT2D eigenvalue weighted by Gasteiger charge is -2.30. The first kappa shape index (κ1) is 19.5. The largest absolute Gasteiger partial charge is 0.310 e. The van der Waals surface area contributed by atoms with Crippen LogP contribution in [0.4, 0.5) is 5.82 Å². The van der Waals surface area contributed by atoms with Gasteiger partial charge in [-0.25, -0.2) is 13.4 Å². The molecule has 1 fully saturated rings. The molecule has 0 aliphatic carbocycles. The van der Waals surface area contributed by atoms with Crippen LogP contribution in [0, 0.1) is 12.8 Å². The van der Waals surface area contributed by atoms with Crippen LogP contribution in [0.5, 0.6) is 0 Å². The molecule has 6 nitrogen and oxygen atoms in total. The van der Waals surface area contributed by atoms with E-state index in [1.165, 1.54) is 4.31 Å². The topological polar surface area (TPSA) is 79.4 Å². The fourth-order valence-corrected chi connectivity index (χ4v) is 5.05. The predicted octanol–water partition coefficient (Wildman–Crippen LogP) is 3.58. The van der Waals surface area contributed by atoms with Crippen molar-refractivity contribution in [2.75, 3.05) is 18.4 Å². The number of carbonyl (C=O) groups is 1. The zero-order chi connectivity index (χ0) is 20.4. The van der Waals surface area contributed by atoms with E-state index < -0.39 is 10.0 Å². The third kappa shape index (κ3) is 4.16. The first-order valence-electron chi connectivity index (χ1n) is 9.67. The molecule has 29 heavy (non-hydrogen) atoms. The monoisotopic (exact) mass is 409 g/mol. The Hall–Kier alpha value is -2.77. The number of carbonyl (C=O) groups excluding carboxylic acids is 1. The Morgan fingerprint density at radius 3 is 2.41 bits per heavy atom. The second kappa shape index (κ2) is 7.93. The van der Waals surface area contributed by atoms with Crippen LogP contribution in [0.2, 0.25) is 0 Å². The molecule has 2 aromatic carbocycles. The number of anilines is 1. The van der Waals surface area contributed by atoms with E-state index in [1.54, 1.807) is 30.3 Å². The Morgan fingerprint density at radius 2 is 1.69 bits per heavy atom. The second-order valence-electron chi connectivity index (χ2n) is 7.37. The zero-order valence-electron chi connectivity index (χ0n) is 16.2. The maximum absolute atomic E-state index is 12.8. The van der Waals surface area contributed by atoms with E-state index in [0.717, 1.165) is 16.5 Å². The van der Waals surface area contributed by atoms with E-state index in [2.05, 4.69) is 10.3 Å². The molecule has 1 saturated heterocycles. The normalized spacial score (nSPS) is 16.0. The van der Waals surface area contributed by atoms with Crippen molar-refractivity contribution in [3.8, 4) is 0 Å². The first-order valence-corrected chi connectivity index (χ1v) is 11.1. The van der Waals surface area contributed by atoms with Gasteiger partial charge in [-0.3, -0.25) is 4.79 Å². The Labute approximate surface area is 170 Å². The number of sulfonamides is 1. The lowest BCUT2D eigenvalue weighted by atomic mass is 9.97. The van der Waals surface area contributed by atoms with Gasteiger partial charge in [0.1, 0.15) is 5.82 Å². The SMILES string of the molecule is Cc1ccc(S(=O)(=O)N2CCC(C(=O)Nc3ccc4ccccc4n3)CC2)cc1. The van der Waals surface area contributed by atoms with Gasteiger partial charge >= 0.3 is 0 Å². The molecule has 0 spiro atoms. The van der Waals surface area contributed by atoms with Crippen LogP contribution in [-0.4, -0.2) is 36.7 Å². The number of pyridine rings is 1. The van der Waals surface area contributed by atoms with Gasteiger partial charge in [0.05, 0.1) is 10.4 Å². The van der Waals surface area contributed by atoms with Crippen molar-refractivity contribution >= 4 is 32.7 Å². The van der Waals surface area contributed by atoms with Crippen LogP contribution in [0.25, 0.3) is 10.9 Å². The van der Waals surface area contributed by atoms with E-state index in [-0.39, 0.29) is 11.8 Å². The van der Waals surface area contributed by atoms with Gasteiger partial charge in [0.15, 0.2) is 0 Å². The van der Waals surface area contributed by atoms with Gasteiger partial charge in [0.2, 0.25) is 15.9 Å². The van der Waals surface area contributed by atoms with E-state index >= 15 is 0 Å². The Balaban J connectivity index is 1.39. The highest BCUT2D eigenvalue weighted by molar-refractivity contribution is 7.89. The molecule has 1 amide bonds. The van der Waals surface area contributed by atoms with Crippen molar-refractivity contribution in [3.63, 3.8) is 0 Å². The van der Waals surface area contributed by atoms with Crippen LogP contribution < -0.4 is 5.32 Å². The highest BCUT2D eigenvalue weighted by Gasteiger charge is 2.32. The average molecular weight is 410 g/mol. The summed E-state index contributed by atoms with van der Waals surface area (Å²) in [6, 6.07) is 18.3. The van der Waals surface area contributed by atoms with Gasteiger partial charge in [0, 0.05) is 24.4 Å². The molecule has 4 rings (SSSR count). The van der Waals surface area contributed by atoms with Crippen molar-refractivity contribution in [2.45, 2.75) is 24.7 Å². The number of hydrogen-bond donors (Lipinski definition) is 1. The Kier molecular flexibility index (Phi) is 5.34. The number of nitrogens with one attached hydrogen (secondary N) is 1. The number of para-hydroxylation sites is 1. The molecule has 1 aliphatic rings. The van der Waals surface area contributed by atoms with Gasteiger partial charge in [-0.15, -0.1) is 0 Å². The van der Waals surface area contributed by atoms with Gasteiger partial charge in [-0.1, -0.05) is 35.9 Å². The Morgan fingerprint density at radius 1 is 1.00 bits per heavy atom. The number of rotatable bonds is 4. The summed E-state index contributed by atoms with van der Waals surface area (Å²) in [5.74, 6) is 0.177. The van der Waals surface area contributed by atoms with Crippen LogP contribution in [-0.2, 0) is 14.8 Å². The predicted molar refractivity (Wildman–Crippen MR) is 113 cm³/mol.